The normalized spacial score (nSPS) is 13.7. The molecule has 0 unspecified atom stereocenters. The van der Waals surface area contributed by atoms with Crippen molar-refractivity contribution in [3.8, 4) is 11.5 Å². The number of rotatable bonds is 10. The van der Waals surface area contributed by atoms with Crippen LogP contribution in [-0.2, 0) is 11.2 Å². The van der Waals surface area contributed by atoms with Gasteiger partial charge in [0.15, 0.2) is 11.5 Å². The maximum atomic E-state index is 11.9. The first-order chi connectivity index (χ1) is 12.4. The minimum absolute atomic E-state index is 0.0200. The standard InChI is InChI=1S/C19H28N2O5/c1-12(2)8-13(10-21-16(22)4-3-7-20)9-14-5-6-15-18(26-11-25-15)17(14)19(23)24/h5-6,12-13H,3-4,7-11,20H2,1-2H3,(H,21,22)(H,23,24)/p+1/t13-/m0/s1. The zero-order valence-electron chi connectivity index (χ0n) is 15.5. The summed E-state index contributed by atoms with van der Waals surface area (Å²) in [6.45, 7) is 5.55. The molecule has 1 atom stereocenters. The number of ether oxygens (including phenoxy) is 2. The van der Waals surface area contributed by atoms with E-state index in [1.54, 1.807) is 12.1 Å². The molecule has 0 spiro atoms. The van der Waals surface area contributed by atoms with Gasteiger partial charge in [-0.2, -0.15) is 0 Å². The Kier molecular flexibility index (Phi) is 7.26. The van der Waals surface area contributed by atoms with Crippen LogP contribution in [0.4, 0.5) is 0 Å². The zero-order chi connectivity index (χ0) is 19.1. The van der Waals surface area contributed by atoms with Crippen molar-refractivity contribution < 1.29 is 29.9 Å². The van der Waals surface area contributed by atoms with E-state index >= 15 is 0 Å². The summed E-state index contributed by atoms with van der Waals surface area (Å²) in [5.74, 6) is 0.360. The number of nitrogens with one attached hydrogen (secondary N) is 1. The van der Waals surface area contributed by atoms with Crippen LogP contribution in [0.3, 0.4) is 0 Å². The number of carbonyl (C=O) groups is 2. The number of fused-ring (bicyclic) bond motifs is 1. The maximum absolute atomic E-state index is 11.9. The van der Waals surface area contributed by atoms with Gasteiger partial charge >= 0.3 is 5.97 Å². The van der Waals surface area contributed by atoms with E-state index in [4.69, 9.17) is 9.47 Å². The van der Waals surface area contributed by atoms with Crippen molar-refractivity contribution in [3.63, 3.8) is 0 Å². The molecular formula is C19H29N2O5+. The summed E-state index contributed by atoms with van der Waals surface area (Å²) in [6, 6.07) is 3.54. The lowest BCUT2D eigenvalue weighted by Gasteiger charge is -2.21. The molecule has 1 amide bonds. The molecule has 5 N–H and O–H groups in total. The molecule has 7 heteroatoms. The van der Waals surface area contributed by atoms with Crippen LogP contribution in [0.2, 0.25) is 0 Å². The summed E-state index contributed by atoms with van der Waals surface area (Å²) in [7, 11) is 0. The zero-order valence-corrected chi connectivity index (χ0v) is 15.5. The van der Waals surface area contributed by atoms with E-state index < -0.39 is 5.97 Å². The van der Waals surface area contributed by atoms with Crippen LogP contribution in [-0.4, -0.2) is 36.9 Å². The average molecular weight is 365 g/mol. The van der Waals surface area contributed by atoms with Crippen molar-refractivity contribution in [1.82, 2.24) is 5.32 Å². The van der Waals surface area contributed by atoms with Crippen molar-refractivity contribution in [2.24, 2.45) is 11.8 Å². The first-order valence-electron chi connectivity index (χ1n) is 9.13. The summed E-state index contributed by atoms with van der Waals surface area (Å²) in [4.78, 5) is 23.7. The highest BCUT2D eigenvalue weighted by Gasteiger charge is 2.27. The first kappa shape index (κ1) is 20.0. The number of hydrogen-bond donors (Lipinski definition) is 3. The van der Waals surface area contributed by atoms with Crippen molar-refractivity contribution in [3.05, 3.63) is 23.3 Å². The largest absolute Gasteiger partial charge is 0.478 e. The molecule has 1 heterocycles. The van der Waals surface area contributed by atoms with E-state index in [0.717, 1.165) is 19.4 Å². The number of carboxylic acids is 1. The fourth-order valence-electron chi connectivity index (χ4n) is 3.27. The molecule has 0 saturated heterocycles. The molecule has 1 aliphatic heterocycles. The van der Waals surface area contributed by atoms with E-state index in [0.29, 0.717) is 42.4 Å². The van der Waals surface area contributed by atoms with Gasteiger partial charge in [0, 0.05) is 19.4 Å². The molecule has 7 nitrogen and oxygen atoms in total. The summed E-state index contributed by atoms with van der Waals surface area (Å²) >= 11 is 0. The molecule has 1 aromatic rings. The van der Waals surface area contributed by atoms with Crippen LogP contribution < -0.4 is 20.5 Å². The van der Waals surface area contributed by atoms with Crippen molar-refractivity contribution in [2.75, 3.05) is 19.9 Å². The fraction of sp³-hybridized carbons (Fsp3) is 0.579. The third-order valence-electron chi connectivity index (χ3n) is 4.39. The molecule has 0 radical (unpaired) electrons. The van der Waals surface area contributed by atoms with Crippen LogP contribution in [0.25, 0.3) is 0 Å². The second kappa shape index (κ2) is 9.43. The molecule has 0 aromatic heterocycles. The monoisotopic (exact) mass is 365 g/mol. The predicted molar refractivity (Wildman–Crippen MR) is 96.2 cm³/mol. The van der Waals surface area contributed by atoms with Crippen molar-refractivity contribution in [1.29, 1.82) is 0 Å². The van der Waals surface area contributed by atoms with Gasteiger partial charge in [-0.05, 0) is 36.3 Å². The van der Waals surface area contributed by atoms with Crippen LogP contribution >= 0.6 is 0 Å². The molecule has 0 bridgehead atoms. The molecule has 0 saturated carbocycles. The maximum Gasteiger partial charge on any atom is 0.339 e. The number of carboxylic acid groups (broad SMARTS) is 1. The highest BCUT2D eigenvalue weighted by atomic mass is 16.7. The van der Waals surface area contributed by atoms with Gasteiger partial charge in [0.25, 0.3) is 0 Å². The summed E-state index contributed by atoms with van der Waals surface area (Å²) in [5.41, 5.74) is 4.62. The third kappa shape index (κ3) is 5.36. The van der Waals surface area contributed by atoms with Gasteiger partial charge in [0.2, 0.25) is 12.7 Å². The molecule has 0 aliphatic carbocycles. The molecule has 1 aromatic carbocycles. The van der Waals surface area contributed by atoms with E-state index in [1.165, 1.54) is 0 Å². The number of aromatic carboxylic acids is 1. The van der Waals surface area contributed by atoms with Crippen molar-refractivity contribution in [2.45, 2.75) is 39.5 Å². The Balaban J connectivity index is 2.12. The lowest BCUT2D eigenvalue weighted by atomic mass is 9.88. The highest BCUT2D eigenvalue weighted by Crippen LogP contribution is 2.38. The van der Waals surface area contributed by atoms with Crippen LogP contribution in [0.15, 0.2) is 12.1 Å². The average Bonchev–Trinajstić information content (AvgIpc) is 3.05. The lowest BCUT2D eigenvalue weighted by molar-refractivity contribution is -0.368. The second-order valence-corrected chi connectivity index (χ2v) is 7.10. The molecular weight excluding hydrogens is 336 g/mol. The van der Waals surface area contributed by atoms with Gasteiger partial charge in [-0.3, -0.25) is 4.79 Å². The van der Waals surface area contributed by atoms with Crippen LogP contribution in [0.1, 0.15) is 49.0 Å². The number of benzene rings is 1. The van der Waals surface area contributed by atoms with Gasteiger partial charge in [-0.1, -0.05) is 19.9 Å². The lowest BCUT2D eigenvalue weighted by Crippen LogP contribution is -2.50. The molecule has 0 fully saturated rings. The summed E-state index contributed by atoms with van der Waals surface area (Å²) < 4.78 is 10.6. The third-order valence-corrected chi connectivity index (χ3v) is 4.39. The quantitative estimate of drug-likeness (QED) is 0.581. The predicted octanol–water partition coefficient (Wildman–Crippen LogP) is 1.46. The Bertz CT molecular complexity index is 645. The van der Waals surface area contributed by atoms with Gasteiger partial charge in [-0.25, -0.2) is 4.79 Å². The highest BCUT2D eigenvalue weighted by molar-refractivity contribution is 5.94. The van der Waals surface area contributed by atoms with E-state index in [1.807, 2.05) is 0 Å². The molecule has 1 aliphatic rings. The van der Waals surface area contributed by atoms with Gasteiger partial charge < -0.3 is 25.6 Å². The van der Waals surface area contributed by atoms with Crippen molar-refractivity contribution >= 4 is 11.9 Å². The molecule has 144 valence electrons. The van der Waals surface area contributed by atoms with E-state index in [9.17, 15) is 14.7 Å². The van der Waals surface area contributed by atoms with Gasteiger partial charge in [0.05, 0.1) is 6.54 Å². The minimum atomic E-state index is -1.02. The van der Waals surface area contributed by atoms with Crippen LogP contribution in [0.5, 0.6) is 11.5 Å². The SMILES string of the molecule is CC(C)C[C@H](CNC(=O)CCC[NH3+])Cc1ccc2c(c1C(=O)O)OCO2. The first-order valence-corrected chi connectivity index (χ1v) is 9.13. The number of amides is 1. The molecule has 26 heavy (non-hydrogen) atoms. The van der Waals surface area contributed by atoms with E-state index in [-0.39, 0.29) is 24.2 Å². The Morgan fingerprint density at radius 2 is 2.08 bits per heavy atom. The number of quaternary nitrogens is 1. The number of carbonyl (C=O) groups excluding carboxylic acids is 1. The topological polar surface area (TPSA) is 113 Å². The van der Waals surface area contributed by atoms with Crippen LogP contribution in [0, 0.1) is 11.8 Å². The van der Waals surface area contributed by atoms with Gasteiger partial charge in [0.1, 0.15) is 5.56 Å². The fourth-order valence-corrected chi connectivity index (χ4v) is 3.27. The Morgan fingerprint density at radius 1 is 1.31 bits per heavy atom. The summed E-state index contributed by atoms with van der Waals surface area (Å²) in [5, 5.41) is 12.6. The van der Waals surface area contributed by atoms with Gasteiger partial charge in [-0.15, -0.1) is 0 Å². The Hall–Kier alpha value is -2.28. The Morgan fingerprint density at radius 3 is 2.73 bits per heavy atom. The van der Waals surface area contributed by atoms with E-state index in [2.05, 4.69) is 24.9 Å². The smallest absolute Gasteiger partial charge is 0.339 e. The number of hydrogen-bond acceptors (Lipinski definition) is 4. The minimum Gasteiger partial charge on any atom is -0.478 e. The summed E-state index contributed by atoms with van der Waals surface area (Å²) in [6.07, 6.45) is 2.70. The second-order valence-electron chi connectivity index (χ2n) is 7.10. The Labute approximate surface area is 153 Å². The molecule has 2 rings (SSSR count).